The molecular weight excluding hydrogens is 409 g/mol. The lowest BCUT2D eigenvalue weighted by Crippen LogP contribution is -2.14. The largest absolute Gasteiger partial charge is 0.421 e. The molecule has 0 bridgehead atoms. The number of rotatable bonds is 7. The lowest BCUT2D eigenvalue weighted by Gasteiger charge is -2.12. The van der Waals surface area contributed by atoms with Crippen LogP contribution in [0.2, 0.25) is 0 Å². The van der Waals surface area contributed by atoms with Crippen LogP contribution in [-0.2, 0) is 22.6 Å². The molecule has 0 atom stereocenters. The Kier molecular flexibility index (Phi) is 6.31. The molecule has 158 valence electrons. The number of aromatic nitrogens is 3. The van der Waals surface area contributed by atoms with Crippen LogP contribution in [0.1, 0.15) is 24.6 Å². The van der Waals surface area contributed by atoms with Crippen molar-refractivity contribution in [2.75, 3.05) is 5.75 Å². The van der Waals surface area contributed by atoms with Gasteiger partial charge in [0.2, 0.25) is 5.56 Å². The number of nitrogens with zero attached hydrogens (tertiary/aromatic N) is 3. The smallest absolute Gasteiger partial charge is 0.322 e. The maximum Gasteiger partial charge on any atom is 0.322 e. The molecule has 7 nitrogen and oxygen atoms in total. The molecule has 0 aliphatic heterocycles. The molecule has 0 spiro atoms. The van der Waals surface area contributed by atoms with E-state index in [2.05, 4.69) is 9.97 Å². The highest BCUT2D eigenvalue weighted by Gasteiger charge is 2.17. The molecule has 2 aromatic heterocycles. The van der Waals surface area contributed by atoms with Crippen LogP contribution >= 0.6 is 0 Å². The molecule has 0 unspecified atom stereocenters. The predicted octanol–water partition coefficient (Wildman–Crippen LogP) is 3.41. The Balaban J connectivity index is 2.10. The third-order valence-electron chi connectivity index (χ3n) is 4.38. The summed E-state index contributed by atoms with van der Waals surface area (Å²) in [7, 11) is -1.78. The highest BCUT2D eigenvalue weighted by atomic mass is 32.2. The molecule has 0 N–H and O–H groups in total. The normalized spacial score (nSPS) is 11.5. The first-order chi connectivity index (χ1) is 14.2. The second-order valence-electron chi connectivity index (χ2n) is 6.97. The molecule has 3 aromatic rings. The van der Waals surface area contributed by atoms with Crippen molar-refractivity contribution in [3.8, 4) is 23.0 Å². The zero-order valence-electron chi connectivity index (χ0n) is 16.9. The maximum atomic E-state index is 14.2. The SMILES string of the molecule is CCCS(=O)(=O)Cc1cc(-c2ccc(=O)n(C)c2)nc(Oc2c(C)cccc2F)n1. The van der Waals surface area contributed by atoms with Crippen LogP contribution in [0.25, 0.3) is 11.3 Å². The van der Waals surface area contributed by atoms with E-state index in [-0.39, 0.29) is 34.5 Å². The number of hydrogen-bond acceptors (Lipinski definition) is 6. The van der Waals surface area contributed by atoms with Gasteiger partial charge in [-0.25, -0.2) is 12.8 Å². The number of pyridine rings is 1. The summed E-state index contributed by atoms with van der Waals surface area (Å²) in [5.41, 5.74) is 1.52. The molecule has 0 fully saturated rings. The fourth-order valence-corrected chi connectivity index (χ4v) is 4.30. The van der Waals surface area contributed by atoms with E-state index in [9.17, 15) is 17.6 Å². The van der Waals surface area contributed by atoms with Gasteiger partial charge in [-0.05, 0) is 37.1 Å². The first kappa shape index (κ1) is 21.6. The fourth-order valence-electron chi connectivity index (χ4n) is 2.93. The minimum absolute atomic E-state index is 0.0226. The van der Waals surface area contributed by atoms with Gasteiger partial charge < -0.3 is 9.30 Å². The molecule has 9 heteroatoms. The van der Waals surface area contributed by atoms with E-state index < -0.39 is 15.7 Å². The molecule has 2 heterocycles. The summed E-state index contributed by atoms with van der Waals surface area (Å²) in [5.74, 6) is -0.882. The van der Waals surface area contributed by atoms with Crippen LogP contribution in [0.5, 0.6) is 11.8 Å². The van der Waals surface area contributed by atoms with E-state index >= 15 is 0 Å². The van der Waals surface area contributed by atoms with E-state index in [1.807, 2.05) is 0 Å². The monoisotopic (exact) mass is 431 g/mol. The summed E-state index contributed by atoms with van der Waals surface area (Å²) >= 11 is 0. The second-order valence-corrected chi connectivity index (χ2v) is 9.16. The molecule has 30 heavy (non-hydrogen) atoms. The highest BCUT2D eigenvalue weighted by molar-refractivity contribution is 7.90. The summed E-state index contributed by atoms with van der Waals surface area (Å²) in [6.07, 6.45) is 2.06. The lowest BCUT2D eigenvalue weighted by atomic mass is 10.2. The highest BCUT2D eigenvalue weighted by Crippen LogP contribution is 2.28. The van der Waals surface area contributed by atoms with Crippen molar-refractivity contribution in [1.82, 2.24) is 14.5 Å². The minimum atomic E-state index is -3.38. The van der Waals surface area contributed by atoms with E-state index in [1.165, 1.54) is 22.8 Å². The Bertz CT molecular complexity index is 1220. The van der Waals surface area contributed by atoms with Gasteiger partial charge in [0.05, 0.1) is 22.9 Å². The Labute approximate surface area is 174 Å². The van der Waals surface area contributed by atoms with Gasteiger partial charge in [-0.2, -0.15) is 9.97 Å². The number of hydrogen-bond donors (Lipinski definition) is 0. The minimum Gasteiger partial charge on any atom is -0.421 e. The van der Waals surface area contributed by atoms with Gasteiger partial charge in [-0.1, -0.05) is 19.1 Å². The number of benzene rings is 1. The molecular formula is C21H22FN3O4S. The van der Waals surface area contributed by atoms with Crippen LogP contribution in [0.15, 0.2) is 47.4 Å². The quantitative estimate of drug-likeness (QED) is 0.569. The standard InChI is InChI=1S/C21H22FN3O4S/c1-4-10-30(27,28)13-16-11-18(15-8-9-19(26)25(3)12-15)24-21(23-16)29-20-14(2)6-5-7-17(20)22/h5-9,11-12H,4,10,13H2,1-3H3. The molecule has 0 saturated heterocycles. The summed E-state index contributed by atoms with van der Waals surface area (Å²) in [5, 5.41) is 0. The van der Waals surface area contributed by atoms with Crippen molar-refractivity contribution >= 4 is 9.84 Å². The van der Waals surface area contributed by atoms with Gasteiger partial charge >= 0.3 is 6.01 Å². The Hall–Kier alpha value is -3.07. The Morgan fingerprint density at radius 2 is 1.93 bits per heavy atom. The number of sulfone groups is 1. The van der Waals surface area contributed by atoms with E-state index in [0.717, 1.165) is 0 Å². The molecule has 0 saturated carbocycles. The van der Waals surface area contributed by atoms with E-state index in [1.54, 1.807) is 45.3 Å². The summed E-state index contributed by atoms with van der Waals surface area (Å²) in [6, 6.07) is 8.82. The molecule has 0 radical (unpaired) electrons. The van der Waals surface area contributed by atoms with Gasteiger partial charge in [-0.15, -0.1) is 0 Å². The van der Waals surface area contributed by atoms with Gasteiger partial charge in [0.15, 0.2) is 21.4 Å². The zero-order chi connectivity index (χ0) is 21.9. The molecule has 0 aliphatic carbocycles. The third kappa shape index (κ3) is 5.10. The molecule has 1 aromatic carbocycles. The lowest BCUT2D eigenvalue weighted by molar-refractivity contribution is 0.407. The van der Waals surface area contributed by atoms with Crippen LogP contribution in [0.4, 0.5) is 4.39 Å². The number of aryl methyl sites for hydroxylation is 2. The van der Waals surface area contributed by atoms with E-state index in [0.29, 0.717) is 23.2 Å². The summed E-state index contributed by atoms with van der Waals surface area (Å²) in [4.78, 5) is 20.2. The molecule has 0 aliphatic rings. The zero-order valence-corrected chi connectivity index (χ0v) is 17.7. The summed E-state index contributed by atoms with van der Waals surface area (Å²) in [6.45, 7) is 3.46. The first-order valence-electron chi connectivity index (χ1n) is 9.37. The van der Waals surface area contributed by atoms with Crippen molar-refractivity contribution in [2.45, 2.75) is 26.0 Å². The van der Waals surface area contributed by atoms with Crippen molar-refractivity contribution < 1.29 is 17.5 Å². The first-order valence-corrected chi connectivity index (χ1v) is 11.2. The number of para-hydroxylation sites is 1. The van der Waals surface area contributed by atoms with E-state index in [4.69, 9.17) is 4.74 Å². The summed E-state index contributed by atoms with van der Waals surface area (Å²) < 4.78 is 45.8. The Morgan fingerprint density at radius 1 is 1.17 bits per heavy atom. The average molecular weight is 431 g/mol. The fraction of sp³-hybridized carbons (Fsp3) is 0.286. The van der Waals surface area contributed by atoms with Crippen LogP contribution in [0, 0.1) is 12.7 Å². The number of ether oxygens (including phenoxy) is 1. The Morgan fingerprint density at radius 3 is 2.60 bits per heavy atom. The molecule has 3 rings (SSSR count). The van der Waals surface area contributed by atoms with Gasteiger partial charge in [-0.3, -0.25) is 4.79 Å². The van der Waals surface area contributed by atoms with Crippen molar-refractivity contribution in [3.63, 3.8) is 0 Å². The van der Waals surface area contributed by atoms with Gasteiger partial charge in [0, 0.05) is 24.9 Å². The van der Waals surface area contributed by atoms with Crippen LogP contribution < -0.4 is 10.3 Å². The van der Waals surface area contributed by atoms with Crippen molar-refractivity contribution in [2.24, 2.45) is 7.05 Å². The van der Waals surface area contributed by atoms with Crippen LogP contribution in [0.3, 0.4) is 0 Å². The average Bonchev–Trinajstić information content (AvgIpc) is 2.66. The topological polar surface area (TPSA) is 91.2 Å². The maximum absolute atomic E-state index is 14.2. The predicted molar refractivity (Wildman–Crippen MR) is 112 cm³/mol. The number of halogens is 1. The van der Waals surface area contributed by atoms with Crippen molar-refractivity contribution in [1.29, 1.82) is 0 Å². The van der Waals surface area contributed by atoms with Gasteiger partial charge in [0.25, 0.3) is 0 Å². The third-order valence-corrected chi connectivity index (χ3v) is 6.15. The van der Waals surface area contributed by atoms with Crippen molar-refractivity contribution in [3.05, 3.63) is 70.0 Å². The van der Waals surface area contributed by atoms with Gasteiger partial charge in [0.1, 0.15) is 0 Å². The molecule has 0 amide bonds. The second kappa shape index (κ2) is 8.74. The van der Waals surface area contributed by atoms with Crippen LogP contribution in [-0.4, -0.2) is 28.7 Å².